The van der Waals surface area contributed by atoms with Gasteiger partial charge in [0.05, 0.1) is 13.7 Å². The second-order valence-corrected chi connectivity index (χ2v) is 6.09. The van der Waals surface area contributed by atoms with Gasteiger partial charge in [-0.05, 0) is 61.2 Å². The highest BCUT2D eigenvalue weighted by Gasteiger charge is 2.06. The number of halogens is 1. The molecule has 0 heterocycles. The number of rotatable bonds is 8. The topological polar surface area (TPSA) is 54.9 Å². The Bertz CT molecular complexity index is 778. The number of nitrogens with zero attached hydrogens (tertiary/aromatic N) is 1. The Kier molecular flexibility index (Phi) is 7.92. The highest BCUT2D eigenvalue weighted by atomic mass is 19.1. The lowest BCUT2D eigenvalue weighted by molar-refractivity contribution is 0.310. The monoisotopic (exact) mass is 373 g/mol. The molecule has 5 nitrogen and oxygen atoms in total. The molecule has 0 bridgehead atoms. The first-order valence-electron chi connectivity index (χ1n) is 9.06. The Morgan fingerprint density at radius 1 is 1.11 bits per heavy atom. The first-order valence-corrected chi connectivity index (χ1v) is 9.06. The van der Waals surface area contributed by atoms with Crippen molar-refractivity contribution in [2.75, 3.05) is 27.3 Å². The zero-order chi connectivity index (χ0) is 19.6. The Labute approximate surface area is 160 Å². The van der Waals surface area contributed by atoms with Crippen LogP contribution in [0.15, 0.2) is 41.4 Å². The van der Waals surface area contributed by atoms with Gasteiger partial charge >= 0.3 is 0 Å². The molecule has 0 fully saturated rings. The Hall–Kier alpha value is -2.76. The van der Waals surface area contributed by atoms with Crippen LogP contribution >= 0.6 is 0 Å². The van der Waals surface area contributed by atoms with Gasteiger partial charge in [0.2, 0.25) is 0 Å². The number of hydrogen-bond donors (Lipinski definition) is 2. The van der Waals surface area contributed by atoms with Crippen molar-refractivity contribution in [2.24, 2.45) is 4.99 Å². The standard InChI is InChI=1S/C21H28FN3O2/c1-5-27-19-9-6-16(13-20(19)26-4)14-25-21(23-3)24-11-10-17-7-8-18(22)12-15(17)2/h6-9,12-13H,5,10-11,14H2,1-4H3,(H2,23,24,25). The van der Waals surface area contributed by atoms with Gasteiger partial charge in [0.25, 0.3) is 0 Å². The fourth-order valence-corrected chi connectivity index (χ4v) is 2.76. The van der Waals surface area contributed by atoms with E-state index in [4.69, 9.17) is 9.47 Å². The smallest absolute Gasteiger partial charge is 0.191 e. The van der Waals surface area contributed by atoms with Crippen LogP contribution in [0.2, 0.25) is 0 Å². The van der Waals surface area contributed by atoms with Crippen molar-refractivity contribution in [2.45, 2.75) is 26.8 Å². The van der Waals surface area contributed by atoms with E-state index in [1.54, 1.807) is 20.2 Å². The van der Waals surface area contributed by atoms with Crippen LogP contribution in [0.4, 0.5) is 4.39 Å². The minimum Gasteiger partial charge on any atom is -0.493 e. The van der Waals surface area contributed by atoms with Gasteiger partial charge in [-0.3, -0.25) is 4.99 Å². The number of benzene rings is 2. The van der Waals surface area contributed by atoms with E-state index in [1.807, 2.05) is 38.1 Å². The molecule has 0 spiro atoms. The molecule has 0 atom stereocenters. The maximum Gasteiger partial charge on any atom is 0.191 e. The molecule has 2 aromatic rings. The van der Waals surface area contributed by atoms with Gasteiger partial charge in [-0.25, -0.2) is 4.39 Å². The molecule has 0 aliphatic carbocycles. The van der Waals surface area contributed by atoms with E-state index in [1.165, 1.54) is 6.07 Å². The lowest BCUT2D eigenvalue weighted by atomic mass is 10.1. The summed E-state index contributed by atoms with van der Waals surface area (Å²) in [6.07, 6.45) is 0.795. The first-order chi connectivity index (χ1) is 13.1. The summed E-state index contributed by atoms with van der Waals surface area (Å²) in [5.41, 5.74) is 3.14. The number of aryl methyl sites for hydroxylation is 1. The summed E-state index contributed by atoms with van der Waals surface area (Å²) in [5, 5.41) is 6.56. The van der Waals surface area contributed by atoms with Crippen LogP contribution < -0.4 is 20.1 Å². The molecule has 2 N–H and O–H groups in total. The van der Waals surface area contributed by atoms with Crippen LogP contribution in [0.3, 0.4) is 0 Å². The molecule has 0 saturated heterocycles. The Morgan fingerprint density at radius 2 is 1.93 bits per heavy atom. The predicted octanol–water partition coefficient (Wildman–Crippen LogP) is 3.45. The third-order valence-corrected chi connectivity index (χ3v) is 4.20. The normalized spacial score (nSPS) is 11.2. The van der Waals surface area contributed by atoms with Crippen molar-refractivity contribution < 1.29 is 13.9 Å². The van der Waals surface area contributed by atoms with Gasteiger partial charge in [-0.15, -0.1) is 0 Å². The van der Waals surface area contributed by atoms with Gasteiger partial charge in [0.1, 0.15) is 5.82 Å². The van der Waals surface area contributed by atoms with E-state index in [0.29, 0.717) is 31.4 Å². The Balaban J connectivity index is 1.86. The van der Waals surface area contributed by atoms with E-state index in [-0.39, 0.29) is 5.82 Å². The van der Waals surface area contributed by atoms with Gasteiger partial charge < -0.3 is 20.1 Å². The molecule has 146 valence electrons. The van der Waals surface area contributed by atoms with Crippen LogP contribution in [-0.2, 0) is 13.0 Å². The Morgan fingerprint density at radius 3 is 2.59 bits per heavy atom. The first kappa shape index (κ1) is 20.6. The second-order valence-electron chi connectivity index (χ2n) is 6.09. The van der Waals surface area contributed by atoms with Crippen LogP contribution in [0, 0.1) is 12.7 Å². The van der Waals surface area contributed by atoms with Crippen molar-refractivity contribution in [1.29, 1.82) is 0 Å². The van der Waals surface area contributed by atoms with Crippen molar-refractivity contribution in [3.8, 4) is 11.5 Å². The fraction of sp³-hybridized carbons (Fsp3) is 0.381. The fourth-order valence-electron chi connectivity index (χ4n) is 2.76. The summed E-state index contributed by atoms with van der Waals surface area (Å²) in [6.45, 7) is 5.78. The van der Waals surface area contributed by atoms with E-state index < -0.39 is 0 Å². The summed E-state index contributed by atoms with van der Waals surface area (Å²) in [7, 11) is 3.37. The maximum atomic E-state index is 13.2. The molecule has 0 aromatic heterocycles. The molecular formula is C21H28FN3O2. The molecule has 2 rings (SSSR count). The SMILES string of the molecule is CCOc1ccc(CNC(=NC)NCCc2ccc(F)cc2C)cc1OC. The third-order valence-electron chi connectivity index (χ3n) is 4.20. The number of methoxy groups -OCH3 is 1. The average Bonchev–Trinajstić information content (AvgIpc) is 2.67. The quantitative estimate of drug-likeness (QED) is 0.550. The molecule has 6 heteroatoms. The van der Waals surface area contributed by atoms with Gasteiger partial charge in [-0.2, -0.15) is 0 Å². The zero-order valence-corrected chi connectivity index (χ0v) is 16.4. The highest BCUT2D eigenvalue weighted by molar-refractivity contribution is 5.79. The second kappa shape index (κ2) is 10.4. The van der Waals surface area contributed by atoms with E-state index >= 15 is 0 Å². The van der Waals surface area contributed by atoms with Crippen molar-refractivity contribution >= 4 is 5.96 Å². The number of guanidine groups is 1. The summed E-state index contributed by atoms with van der Waals surface area (Å²) >= 11 is 0. The van der Waals surface area contributed by atoms with Crippen molar-refractivity contribution in [1.82, 2.24) is 10.6 Å². The van der Waals surface area contributed by atoms with Crippen molar-refractivity contribution in [3.63, 3.8) is 0 Å². The average molecular weight is 373 g/mol. The lowest BCUT2D eigenvalue weighted by Crippen LogP contribution is -2.37. The number of hydrogen-bond acceptors (Lipinski definition) is 3. The van der Waals surface area contributed by atoms with Crippen LogP contribution in [0.5, 0.6) is 11.5 Å². The third kappa shape index (κ3) is 6.16. The van der Waals surface area contributed by atoms with E-state index in [2.05, 4.69) is 15.6 Å². The highest BCUT2D eigenvalue weighted by Crippen LogP contribution is 2.27. The van der Waals surface area contributed by atoms with Gasteiger partial charge in [0.15, 0.2) is 17.5 Å². The number of ether oxygens (including phenoxy) is 2. The minimum absolute atomic E-state index is 0.201. The van der Waals surface area contributed by atoms with E-state index in [0.717, 1.165) is 28.9 Å². The molecule has 27 heavy (non-hydrogen) atoms. The number of nitrogens with one attached hydrogen (secondary N) is 2. The molecule has 0 aliphatic rings. The summed E-state index contributed by atoms with van der Waals surface area (Å²) in [6, 6.07) is 10.7. The maximum absolute atomic E-state index is 13.2. The lowest BCUT2D eigenvalue weighted by Gasteiger charge is -2.14. The van der Waals surface area contributed by atoms with Crippen LogP contribution in [-0.4, -0.2) is 33.3 Å². The van der Waals surface area contributed by atoms with Crippen LogP contribution in [0.25, 0.3) is 0 Å². The van der Waals surface area contributed by atoms with Crippen molar-refractivity contribution in [3.05, 3.63) is 58.9 Å². The minimum atomic E-state index is -0.201. The van der Waals surface area contributed by atoms with E-state index in [9.17, 15) is 4.39 Å². The van der Waals surface area contributed by atoms with Gasteiger partial charge in [-0.1, -0.05) is 12.1 Å². The largest absolute Gasteiger partial charge is 0.493 e. The van der Waals surface area contributed by atoms with Gasteiger partial charge in [0, 0.05) is 20.1 Å². The zero-order valence-electron chi connectivity index (χ0n) is 16.4. The summed E-state index contributed by atoms with van der Waals surface area (Å²) in [4.78, 5) is 4.24. The number of aliphatic imine (C=N–C) groups is 1. The van der Waals surface area contributed by atoms with Crippen LogP contribution in [0.1, 0.15) is 23.6 Å². The molecule has 0 radical (unpaired) electrons. The molecule has 0 unspecified atom stereocenters. The summed E-state index contributed by atoms with van der Waals surface area (Å²) in [5.74, 6) is 1.96. The summed E-state index contributed by atoms with van der Waals surface area (Å²) < 4.78 is 24.1. The molecule has 0 aliphatic heterocycles. The molecule has 0 amide bonds. The molecule has 0 saturated carbocycles. The molecular weight excluding hydrogens is 345 g/mol. The molecule has 2 aromatic carbocycles. The predicted molar refractivity (Wildman–Crippen MR) is 107 cm³/mol.